The van der Waals surface area contributed by atoms with Gasteiger partial charge in [0.15, 0.2) is 5.78 Å². The predicted octanol–water partition coefficient (Wildman–Crippen LogP) is 4.90. The molecule has 0 atom stereocenters. The number of benzene rings is 1. The van der Waals surface area contributed by atoms with Crippen molar-refractivity contribution in [3.8, 4) is 0 Å². The Balaban J connectivity index is 1.83. The zero-order chi connectivity index (χ0) is 16.6. The summed E-state index contributed by atoms with van der Waals surface area (Å²) in [6, 6.07) is 5.87. The lowest BCUT2D eigenvalue weighted by molar-refractivity contribution is 0.102. The van der Waals surface area contributed by atoms with E-state index in [1.165, 1.54) is 27.8 Å². The van der Waals surface area contributed by atoms with Crippen molar-refractivity contribution in [2.24, 2.45) is 0 Å². The molecule has 0 saturated carbocycles. The van der Waals surface area contributed by atoms with E-state index in [1.54, 1.807) is 17.7 Å². The Morgan fingerprint density at radius 1 is 1.13 bits per heavy atom. The van der Waals surface area contributed by atoms with Gasteiger partial charge >= 0.3 is 0 Å². The van der Waals surface area contributed by atoms with Crippen LogP contribution in [-0.2, 0) is 0 Å². The van der Waals surface area contributed by atoms with Crippen LogP contribution in [0.1, 0.15) is 31.9 Å². The van der Waals surface area contributed by atoms with Crippen molar-refractivity contribution < 1.29 is 4.79 Å². The van der Waals surface area contributed by atoms with Gasteiger partial charge in [-0.3, -0.25) is 4.79 Å². The minimum absolute atomic E-state index is 0.134. The fraction of sp³-hybridized carbons (Fsp3) is 0.278. The van der Waals surface area contributed by atoms with Crippen molar-refractivity contribution in [2.45, 2.75) is 32.7 Å². The molecule has 0 spiro atoms. The Morgan fingerprint density at radius 3 is 2.65 bits per heavy atom. The van der Waals surface area contributed by atoms with E-state index in [9.17, 15) is 4.79 Å². The Hall–Kier alpha value is -1.72. The maximum absolute atomic E-state index is 12.4. The second kappa shape index (κ2) is 6.42. The van der Waals surface area contributed by atoms with Crippen LogP contribution < -0.4 is 0 Å². The summed E-state index contributed by atoms with van der Waals surface area (Å²) in [4.78, 5) is 23.4. The number of rotatable bonds is 4. The third-order valence-electron chi connectivity index (χ3n) is 4.10. The van der Waals surface area contributed by atoms with Gasteiger partial charge in [0.05, 0.1) is 5.75 Å². The first-order valence-corrected chi connectivity index (χ1v) is 9.21. The van der Waals surface area contributed by atoms with Gasteiger partial charge in [0.1, 0.15) is 16.2 Å². The van der Waals surface area contributed by atoms with Crippen LogP contribution in [0.25, 0.3) is 10.2 Å². The molecule has 1 aromatic carbocycles. The molecule has 0 amide bonds. The molecule has 0 aliphatic heterocycles. The lowest BCUT2D eigenvalue weighted by atomic mass is 10.0. The van der Waals surface area contributed by atoms with E-state index in [0.29, 0.717) is 5.75 Å². The number of carbonyl (C=O) groups excluding carboxylic acids is 1. The van der Waals surface area contributed by atoms with E-state index in [4.69, 9.17) is 0 Å². The molecule has 0 aliphatic rings. The number of aryl methyl sites for hydroxylation is 4. The fourth-order valence-corrected chi connectivity index (χ4v) is 4.40. The van der Waals surface area contributed by atoms with Crippen LogP contribution >= 0.6 is 23.1 Å². The third kappa shape index (κ3) is 3.16. The van der Waals surface area contributed by atoms with Crippen LogP contribution in [0.4, 0.5) is 0 Å². The Bertz CT molecular complexity index is 899. The summed E-state index contributed by atoms with van der Waals surface area (Å²) in [5.74, 6) is 0.526. The highest BCUT2D eigenvalue weighted by Crippen LogP contribution is 2.34. The lowest BCUT2D eigenvalue weighted by Crippen LogP contribution is -2.03. The Kier molecular flexibility index (Phi) is 4.50. The summed E-state index contributed by atoms with van der Waals surface area (Å²) >= 11 is 3.17. The number of Topliss-reactive ketones (excluding diaryl/α,β-unsaturated/α-hetero) is 1. The number of fused-ring (bicyclic) bond motifs is 1. The molecule has 3 nitrogen and oxygen atoms in total. The van der Waals surface area contributed by atoms with Gasteiger partial charge in [-0.1, -0.05) is 23.9 Å². The summed E-state index contributed by atoms with van der Waals surface area (Å²) in [5.41, 5.74) is 4.33. The highest BCUT2D eigenvalue weighted by Gasteiger charge is 2.14. The van der Waals surface area contributed by atoms with Gasteiger partial charge in [-0.05, 0) is 50.5 Å². The average molecular weight is 342 g/mol. The minimum atomic E-state index is 0.134. The normalized spacial score (nSPS) is 11.1. The smallest absolute Gasteiger partial charge is 0.173 e. The molecule has 0 N–H and O–H groups in total. The van der Waals surface area contributed by atoms with Gasteiger partial charge in [-0.2, -0.15) is 0 Å². The number of nitrogens with zero attached hydrogens (tertiary/aromatic N) is 2. The van der Waals surface area contributed by atoms with Crippen LogP contribution in [-0.4, -0.2) is 21.5 Å². The number of thiophene rings is 1. The molecular weight excluding hydrogens is 324 g/mol. The standard InChI is InChI=1S/C18H18N2OS2/c1-10-5-6-14(7-11(10)2)15(21)8-22-17-16-12(3)13(4)23-18(16)20-9-19-17/h5-7,9H,8H2,1-4H3. The van der Waals surface area contributed by atoms with Crippen molar-refractivity contribution >= 4 is 39.1 Å². The van der Waals surface area contributed by atoms with E-state index in [1.807, 2.05) is 25.1 Å². The predicted molar refractivity (Wildman–Crippen MR) is 97.9 cm³/mol. The SMILES string of the molecule is Cc1ccc(C(=O)CSc2ncnc3sc(C)c(C)c23)cc1C. The van der Waals surface area contributed by atoms with Gasteiger partial charge in [-0.15, -0.1) is 11.3 Å². The molecule has 0 radical (unpaired) electrons. The van der Waals surface area contributed by atoms with Crippen LogP contribution in [0.3, 0.4) is 0 Å². The molecule has 23 heavy (non-hydrogen) atoms. The second-order valence-electron chi connectivity index (χ2n) is 5.65. The maximum atomic E-state index is 12.4. The van der Waals surface area contributed by atoms with Crippen LogP contribution in [0, 0.1) is 27.7 Å². The molecule has 0 unspecified atom stereocenters. The van der Waals surface area contributed by atoms with E-state index >= 15 is 0 Å². The highest BCUT2D eigenvalue weighted by molar-refractivity contribution is 8.00. The molecule has 2 heterocycles. The number of thioether (sulfide) groups is 1. The van der Waals surface area contributed by atoms with Crippen molar-refractivity contribution in [1.29, 1.82) is 0 Å². The highest BCUT2D eigenvalue weighted by atomic mass is 32.2. The first-order chi connectivity index (χ1) is 11.0. The zero-order valence-corrected chi connectivity index (χ0v) is 15.3. The number of carbonyl (C=O) groups is 1. The summed E-state index contributed by atoms with van der Waals surface area (Å²) in [5, 5.41) is 1.99. The number of hydrogen-bond acceptors (Lipinski definition) is 5. The largest absolute Gasteiger partial charge is 0.293 e. The first kappa shape index (κ1) is 16.1. The molecular formula is C18H18N2OS2. The molecule has 3 rings (SSSR count). The monoisotopic (exact) mass is 342 g/mol. The van der Waals surface area contributed by atoms with Crippen LogP contribution in [0.2, 0.25) is 0 Å². The molecule has 0 saturated heterocycles. The van der Waals surface area contributed by atoms with E-state index in [2.05, 4.69) is 30.7 Å². The topological polar surface area (TPSA) is 42.9 Å². The summed E-state index contributed by atoms with van der Waals surface area (Å²) in [6.45, 7) is 8.27. The minimum Gasteiger partial charge on any atom is -0.293 e. The van der Waals surface area contributed by atoms with Crippen LogP contribution in [0.5, 0.6) is 0 Å². The molecule has 0 fully saturated rings. The van der Waals surface area contributed by atoms with Gasteiger partial charge in [0, 0.05) is 15.8 Å². The van der Waals surface area contributed by atoms with E-state index in [-0.39, 0.29) is 5.78 Å². The average Bonchev–Trinajstić information content (AvgIpc) is 2.83. The molecule has 3 aromatic rings. The number of hydrogen-bond donors (Lipinski definition) is 0. The van der Waals surface area contributed by atoms with Crippen LogP contribution in [0.15, 0.2) is 29.6 Å². The fourth-order valence-electron chi connectivity index (χ4n) is 2.39. The lowest BCUT2D eigenvalue weighted by Gasteiger charge is -2.05. The van der Waals surface area contributed by atoms with E-state index < -0.39 is 0 Å². The van der Waals surface area contributed by atoms with Gasteiger partial charge in [-0.25, -0.2) is 9.97 Å². The van der Waals surface area contributed by atoms with Crippen molar-refractivity contribution in [3.05, 3.63) is 51.7 Å². The van der Waals surface area contributed by atoms with Gasteiger partial charge < -0.3 is 0 Å². The summed E-state index contributed by atoms with van der Waals surface area (Å²) in [7, 11) is 0. The quantitative estimate of drug-likeness (QED) is 0.384. The molecule has 0 bridgehead atoms. The van der Waals surface area contributed by atoms with Crippen molar-refractivity contribution in [2.75, 3.05) is 5.75 Å². The molecule has 0 aliphatic carbocycles. The third-order valence-corrected chi connectivity index (χ3v) is 6.20. The van der Waals surface area contributed by atoms with E-state index in [0.717, 1.165) is 26.4 Å². The molecule has 5 heteroatoms. The summed E-state index contributed by atoms with van der Waals surface area (Å²) < 4.78 is 0. The zero-order valence-electron chi connectivity index (χ0n) is 13.6. The molecule has 118 valence electrons. The van der Waals surface area contributed by atoms with Gasteiger partial charge in [0.2, 0.25) is 0 Å². The molecule has 2 aromatic heterocycles. The van der Waals surface area contributed by atoms with Crippen molar-refractivity contribution in [3.63, 3.8) is 0 Å². The number of ketones is 1. The second-order valence-corrected chi connectivity index (χ2v) is 7.82. The maximum Gasteiger partial charge on any atom is 0.173 e. The van der Waals surface area contributed by atoms with Gasteiger partial charge in [0.25, 0.3) is 0 Å². The Labute approximate surface area is 144 Å². The first-order valence-electron chi connectivity index (χ1n) is 7.41. The van der Waals surface area contributed by atoms with Crippen molar-refractivity contribution in [1.82, 2.24) is 9.97 Å². The summed E-state index contributed by atoms with van der Waals surface area (Å²) in [6.07, 6.45) is 1.58. The Morgan fingerprint density at radius 2 is 1.91 bits per heavy atom. The number of aromatic nitrogens is 2.